The molecule has 0 amide bonds. The summed E-state index contributed by atoms with van der Waals surface area (Å²) in [4.78, 5) is 4.12. The van der Waals surface area contributed by atoms with E-state index in [1.165, 1.54) is 11.5 Å². The second-order valence-electron chi connectivity index (χ2n) is 3.63. The van der Waals surface area contributed by atoms with E-state index in [4.69, 9.17) is 11.6 Å². The number of hydrogen-bond acceptors (Lipinski definition) is 6. The van der Waals surface area contributed by atoms with Crippen molar-refractivity contribution in [2.45, 2.75) is 11.3 Å². The van der Waals surface area contributed by atoms with Gasteiger partial charge in [-0.3, -0.25) is 16.3 Å². The van der Waals surface area contributed by atoms with Crippen molar-refractivity contribution in [1.29, 1.82) is 0 Å². The molecule has 16 heavy (non-hydrogen) atoms. The van der Waals surface area contributed by atoms with Gasteiger partial charge in [0.05, 0.1) is 6.04 Å². The molecule has 0 aliphatic carbocycles. The van der Waals surface area contributed by atoms with Crippen LogP contribution in [0.25, 0.3) is 0 Å². The summed E-state index contributed by atoms with van der Waals surface area (Å²) in [7, 11) is 0. The van der Waals surface area contributed by atoms with Gasteiger partial charge in [-0.2, -0.15) is 23.5 Å². The van der Waals surface area contributed by atoms with Crippen LogP contribution in [0.5, 0.6) is 0 Å². The Kier molecular flexibility index (Phi) is 4.34. The molecule has 0 spiro atoms. The molecule has 2 unspecified atom stereocenters. The molecule has 4 nitrogen and oxygen atoms in total. The van der Waals surface area contributed by atoms with E-state index in [0.29, 0.717) is 5.25 Å². The molecule has 88 valence electrons. The van der Waals surface area contributed by atoms with Crippen molar-refractivity contribution in [1.82, 2.24) is 10.4 Å². The molecule has 2 atom stereocenters. The van der Waals surface area contributed by atoms with Crippen molar-refractivity contribution in [3.8, 4) is 0 Å². The van der Waals surface area contributed by atoms with Crippen molar-refractivity contribution < 1.29 is 0 Å². The second kappa shape index (κ2) is 5.77. The predicted molar refractivity (Wildman–Crippen MR) is 72.3 cm³/mol. The first kappa shape index (κ1) is 12.0. The van der Waals surface area contributed by atoms with E-state index in [-0.39, 0.29) is 6.04 Å². The highest BCUT2D eigenvalue weighted by Gasteiger charge is 2.26. The molecule has 5 N–H and O–H groups in total. The normalized spacial score (nSPS) is 22.9. The summed E-state index contributed by atoms with van der Waals surface area (Å²) in [5.74, 6) is 9.15. The number of rotatable bonds is 3. The first-order valence-corrected chi connectivity index (χ1v) is 7.38. The Balaban J connectivity index is 2.18. The fourth-order valence-corrected chi connectivity index (χ4v) is 4.61. The first-order valence-electron chi connectivity index (χ1n) is 5.18. The van der Waals surface area contributed by atoms with Gasteiger partial charge < -0.3 is 5.73 Å². The maximum Gasteiger partial charge on any atom is 0.0622 e. The van der Waals surface area contributed by atoms with Gasteiger partial charge in [-0.25, -0.2) is 0 Å². The molecule has 6 heteroatoms. The zero-order valence-electron chi connectivity index (χ0n) is 8.93. The molecule has 1 aliphatic heterocycles. The fourth-order valence-electron chi connectivity index (χ4n) is 1.77. The summed E-state index contributed by atoms with van der Waals surface area (Å²) in [6.07, 6.45) is 3.51. The predicted octanol–water partition coefficient (Wildman–Crippen LogP) is 1.02. The Hall–Kier alpha value is -0.430. The number of hydrogen-bond donors (Lipinski definition) is 3. The molecule has 0 aromatic carbocycles. The molecule has 1 aromatic rings. The van der Waals surface area contributed by atoms with Gasteiger partial charge in [-0.05, 0) is 6.07 Å². The number of anilines is 1. The number of thioether (sulfide) groups is 2. The van der Waals surface area contributed by atoms with Gasteiger partial charge >= 0.3 is 0 Å². The topological polar surface area (TPSA) is 77.0 Å². The van der Waals surface area contributed by atoms with Crippen LogP contribution < -0.4 is 17.0 Å². The lowest BCUT2D eigenvalue weighted by Crippen LogP contribution is -2.38. The van der Waals surface area contributed by atoms with Crippen LogP contribution in [0.3, 0.4) is 0 Å². The Labute approximate surface area is 104 Å². The maximum atomic E-state index is 5.95. The van der Waals surface area contributed by atoms with E-state index >= 15 is 0 Å². The van der Waals surface area contributed by atoms with Crippen LogP contribution in [0.15, 0.2) is 18.5 Å². The van der Waals surface area contributed by atoms with Gasteiger partial charge in [0.2, 0.25) is 0 Å². The van der Waals surface area contributed by atoms with E-state index in [1.807, 2.05) is 29.6 Å². The van der Waals surface area contributed by atoms with Crippen molar-refractivity contribution in [2.24, 2.45) is 5.84 Å². The van der Waals surface area contributed by atoms with Crippen LogP contribution in [-0.4, -0.2) is 27.5 Å². The zero-order chi connectivity index (χ0) is 11.4. The van der Waals surface area contributed by atoms with Crippen LogP contribution in [0.4, 0.5) is 5.69 Å². The molecule has 2 heterocycles. The summed E-state index contributed by atoms with van der Waals surface area (Å²) >= 11 is 3.92. The summed E-state index contributed by atoms with van der Waals surface area (Å²) in [5.41, 5.74) is 10.6. The van der Waals surface area contributed by atoms with Crippen molar-refractivity contribution in [3.05, 3.63) is 24.0 Å². The number of nitrogens with one attached hydrogen (secondary N) is 1. The molecule has 2 rings (SSSR count). The van der Waals surface area contributed by atoms with Crippen molar-refractivity contribution >= 4 is 29.2 Å². The monoisotopic (exact) mass is 256 g/mol. The van der Waals surface area contributed by atoms with E-state index in [2.05, 4.69) is 10.4 Å². The molecule has 1 aliphatic rings. The Bertz CT molecular complexity index is 341. The van der Waals surface area contributed by atoms with Crippen molar-refractivity contribution in [2.75, 3.05) is 23.0 Å². The van der Waals surface area contributed by atoms with E-state index < -0.39 is 0 Å². The Morgan fingerprint density at radius 2 is 2.38 bits per heavy atom. The number of aromatic nitrogens is 1. The quantitative estimate of drug-likeness (QED) is 0.553. The van der Waals surface area contributed by atoms with Crippen LogP contribution in [0.1, 0.15) is 11.6 Å². The van der Waals surface area contributed by atoms with Gasteiger partial charge in [0.15, 0.2) is 0 Å². The standard InChI is InChI=1S/C10H16N4S2/c11-8-1-2-13-5-7(8)10(14-12)9-6-15-3-4-16-9/h1-2,5,9-10,14H,3-4,6,12H2,(H2,11,13). The van der Waals surface area contributed by atoms with Crippen LogP contribution >= 0.6 is 23.5 Å². The minimum atomic E-state index is 0.0894. The Morgan fingerprint density at radius 3 is 3.00 bits per heavy atom. The van der Waals surface area contributed by atoms with E-state index in [1.54, 1.807) is 12.4 Å². The number of nitrogens with two attached hydrogens (primary N) is 2. The molecule has 0 saturated carbocycles. The van der Waals surface area contributed by atoms with Gasteiger partial charge in [0.25, 0.3) is 0 Å². The lowest BCUT2D eigenvalue weighted by Gasteiger charge is -2.29. The highest BCUT2D eigenvalue weighted by molar-refractivity contribution is 8.06. The van der Waals surface area contributed by atoms with Gasteiger partial charge in [-0.1, -0.05) is 0 Å². The third-order valence-corrected chi connectivity index (χ3v) is 5.48. The molecule has 1 aromatic heterocycles. The highest BCUT2D eigenvalue weighted by Crippen LogP contribution is 2.34. The third kappa shape index (κ3) is 2.63. The molecule has 0 bridgehead atoms. The smallest absolute Gasteiger partial charge is 0.0622 e. The lowest BCUT2D eigenvalue weighted by atomic mass is 10.1. The molecular weight excluding hydrogens is 240 g/mol. The summed E-state index contributed by atoms with van der Waals surface area (Å²) in [6, 6.07) is 1.91. The SMILES string of the molecule is NNC(c1cnccc1N)C1CSCCS1. The average molecular weight is 256 g/mol. The lowest BCUT2D eigenvalue weighted by molar-refractivity contribution is 0.552. The Morgan fingerprint density at radius 1 is 1.50 bits per heavy atom. The van der Waals surface area contributed by atoms with Gasteiger partial charge in [-0.15, -0.1) is 0 Å². The first-order chi connectivity index (χ1) is 7.83. The summed E-state index contributed by atoms with van der Waals surface area (Å²) < 4.78 is 0. The largest absolute Gasteiger partial charge is 0.398 e. The van der Waals surface area contributed by atoms with Gasteiger partial charge in [0, 0.05) is 46.2 Å². The molecule has 1 saturated heterocycles. The number of pyridine rings is 1. The number of hydrazine groups is 1. The molecular formula is C10H16N4S2. The summed E-state index contributed by atoms with van der Waals surface area (Å²) in [6.45, 7) is 0. The highest BCUT2D eigenvalue weighted by atomic mass is 32.2. The maximum absolute atomic E-state index is 5.95. The number of nitrogen functional groups attached to an aromatic ring is 1. The van der Waals surface area contributed by atoms with Crippen molar-refractivity contribution in [3.63, 3.8) is 0 Å². The van der Waals surface area contributed by atoms with Gasteiger partial charge in [0.1, 0.15) is 0 Å². The number of nitrogens with zero attached hydrogens (tertiary/aromatic N) is 1. The van der Waals surface area contributed by atoms with Crippen LogP contribution in [0.2, 0.25) is 0 Å². The second-order valence-corrected chi connectivity index (χ2v) is 6.13. The minimum absolute atomic E-state index is 0.0894. The molecule has 1 fully saturated rings. The summed E-state index contributed by atoms with van der Waals surface area (Å²) in [5, 5.41) is 0.468. The van der Waals surface area contributed by atoms with E-state index in [9.17, 15) is 0 Å². The average Bonchev–Trinajstić information content (AvgIpc) is 2.34. The minimum Gasteiger partial charge on any atom is -0.398 e. The van der Waals surface area contributed by atoms with Crippen LogP contribution in [0, 0.1) is 0 Å². The molecule has 0 radical (unpaired) electrons. The third-order valence-electron chi connectivity index (χ3n) is 2.62. The fraction of sp³-hybridized carbons (Fsp3) is 0.500. The van der Waals surface area contributed by atoms with E-state index in [0.717, 1.165) is 17.0 Å². The zero-order valence-corrected chi connectivity index (χ0v) is 10.6. The van der Waals surface area contributed by atoms with Crippen LogP contribution in [-0.2, 0) is 0 Å².